The van der Waals surface area contributed by atoms with Gasteiger partial charge in [0.2, 0.25) is 5.91 Å². The fourth-order valence-electron chi connectivity index (χ4n) is 2.55. The number of nitrogens with zero attached hydrogens (tertiary/aromatic N) is 3. The van der Waals surface area contributed by atoms with Crippen molar-refractivity contribution in [2.24, 2.45) is 0 Å². The molecule has 130 valence electrons. The molecular formula is C17H16Cl2N4OS. The minimum atomic E-state index is -0.123. The van der Waals surface area contributed by atoms with E-state index in [1.807, 2.05) is 26.8 Å². The van der Waals surface area contributed by atoms with Crippen molar-refractivity contribution in [1.29, 1.82) is 0 Å². The second-order valence-corrected chi connectivity index (χ2v) is 7.74. The van der Waals surface area contributed by atoms with Gasteiger partial charge in [0.05, 0.1) is 22.8 Å². The number of thiazole rings is 1. The van der Waals surface area contributed by atoms with Gasteiger partial charge in [-0.2, -0.15) is 5.10 Å². The number of nitrogens with one attached hydrogen (secondary N) is 1. The monoisotopic (exact) mass is 394 g/mol. The van der Waals surface area contributed by atoms with Crippen LogP contribution in [0.5, 0.6) is 0 Å². The summed E-state index contributed by atoms with van der Waals surface area (Å²) in [6.07, 6.45) is 1.96. The third-order valence-corrected chi connectivity index (χ3v) is 5.15. The van der Waals surface area contributed by atoms with Gasteiger partial charge in [0, 0.05) is 27.4 Å². The minimum absolute atomic E-state index is 0.123. The lowest BCUT2D eigenvalue weighted by Gasteiger charge is -2.08. The first kappa shape index (κ1) is 17.9. The Morgan fingerprint density at radius 1 is 1.28 bits per heavy atom. The van der Waals surface area contributed by atoms with E-state index in [0.29, 0.717) is 15.2 Å². The van der Waals surface area contributed by atoms with Crippen molar-refractivity contribution in [2.75, 3.05) is 5.32 Å². The van der Waals surface area contributed by atoms with E-state index in [-0.39, 0.29) is 12.3 Å². The molecule has 0 spiro atoms. The van der Waals surface area contributed by atoms with Gasteiger partial charge >= 0.3 is 0 Å². The van der Waals surface area contributed by atoms with Crippen LogP contribution < -0.4 is 5.32 Å². The summed E-state index contributed by atoms with van der Waals surface area (Å²) in [7, 11) is 0. The molecule has 0 saturated heterocycles. The highest BCUT2D eigenvalue weighted by atomic mass is 35.5. The first-order chi connectivity index (χ1) is 11.8. The van der Waals surface area contributed by atoms with Crippen molar-refractivity contribution < 1.29 is 4.79 Å². The molecule has 0 saturated carbocycles. The molecule has 25 heavy (non-hydrogen) atoms. The second-order valence-electron chi connectivity index (χ2n) is 5.66. The Bertz CT molecular complexity index is 948. The number of aryl methyl sites for hydroxylation is 2. The summed E-state index contributed by atoms with van der Waals surface area (Å²) in [4.78, 5) is 17.5. The molecule has 0 fully saturated rings. The van der Waals surface area contributed by atoms with E-state index in [1.54, 1.807) is 23.0 Å². The summed E-state index contributed by atoms with van der Waals surface area (Å²) in [5, 5.41) is 9.03. The maximum Gasteiger partial charge on any atom is 0.230 e. The zero-order chi connectivity index (χ0) is 18.1. The lowest BCUT2D eigenvalue weighted by atomic mass is 10.1. The van der Waals surface area contributed by atoms with Gasteiger partial charge in [0.15, 0.2) is 5.13 Å². The first-order valence-electron chi connectivity index (χ1n) is 7.58. The molecule has 0 radical (unpaired) electrons. The molecule has 8 heteroatoms. The van der Waals surface area contributed by atoms with Gasteiger partial charge in [0.25, 0.3) is 0 Å². The topological polar surface area (TPSA) is 59.8 Å². The molecular weight excluding hydrogens is 379 g/mol. The molecule has 2 aromatic heterocycles. The fraction of sp³-hybridized carbons (Fsp3) is 0.235. The number of amides is 1. The van der Waals surface area contributed by atoms with E-state index < -0.39 is 0 Å². The van der Waals surface area contributed by atoms with Crippen molar-refractivity contribution in [3.63, 3.8) is 0 Å². The van der Waals surface area contributed by atoms with Gasteiger partial charge in [-0.05, 0) is 39.0 Å². The number of carbonyl (C=O) groups excluding carboxylic acids is 1. The molecule has 2 heterocycles. The number of halogens is 2. The van der Waals surface area contributed by atoms with Crippen molar-refractivity contribution in [3.05, 3.63) is 56.3 Å². The van der Waals surface area contributed by atoms with Gasteiger partial charge in [-0.15, -0.1) is 11.3 Å². The highest BCUT2D eigenvalue weighted by Gasteiger charge is 2.18. The van der Waals surface area contributed by atoms with Gasteiger partial charge in [-0.3, -0.25) is 4.79 Å². The number of anilines is 1. The standard InChI is InChI=1S/C17H16Cl2N4OS/c1-9-8-20-17(25-9)21-16(24)7-13-10(2)22-23(11(13)3)15-5-4-12(18)6-14(15)19/h4-6,8H,7H2,1-3H3,(H,20,21,24). The van der Waals surface area contributed by atoms with Crippen LogP contribution in [0.25, 0.3) is 5.69 Å². The first-order valence-corrected chi connectivity index (χ1v) is 9.15. The smallest absolute Gasteiger partial charge is 0.230 e. The van der Waals surface area contributed by atoms with E-state index in [4.69, 9.17) is 23.2 Å². The number of aromatic nitrogens is 3. The number of rotatable bonds is 4. The average molecular weight is 395 g/mol. The van der Waals surface area contributed by atoms with Crippen LogP contribution >= 0.6 is 34.5 Å². The van der Waals surface area contributed by atoms with Crippen LogP contribution in [0.1, 0.15) is 21.8 Å². The van der Waals surface area contributed by atoms with Crippen molar-refractivity contribution in [3.8, 4) is 5.69 Å². The van der Waals surface area contributed by atoms with Gasteiger partial charge in [-0.1, -0.05) is 23.2 Å². The number of hydrogen-bond donors (Lipinski definition) is 1. The van der Waals surface area contributed by atoms with E-state index in [2.05, 4.69) is 15.4 Å². The predicted octanol–water partition coefficient (Wildman–Crippen LogP) is 4.74. The molecule has 1 aromatic carbocycles. The molecule has 1 amide bonds. The third kappa shape index (κ3) is 3.86. The van der Waals surface area contributed by atoms with Crippen LogP contribution in [0.15, 0.2) is 24.4 Å². The SMILES string of the molecule is Cc1cnc(NC(=O)Cc2c(C)nn(-c3ccc(Cl)cc3Cl)c2C)s1. The van der Waals surface area contributed by atoms with E-state index in [1.165, 1.54) is 11.3 Å². The zero-order valence-corrected chi connectivity index (χ0v) is 16.3. The van der Waals surface area contributed by atoms with Crippen LogP contribution in [-0.2, 0) is 11.2 Å². The zero-order valence-electron chi connectivity index (χ0n) is 13.9. The Labute approximate surface area is 159 Å². The normalized spacial score (nSPS) is 10.9. The predicted molar refractivity (Wildman–Crippen MR) is 102 cm³/mol. The molecule has 0 bridgehead atoms. The Hall–Kier alpha value is -1.89. The van der Waals surface area contributed by atoms with E-state index in [9.17, 15) is 4.79 Å². The molecule has 5 nitrogen and oxygen atoms in total. The maximum atomic E-state index is 12.3. The third-order valence-electron chi connectivity index (χ3n) is 3.78. The number of benzene rings is 1. The minimum Gasteiger partial charge on any atom is -0.302 e. The summed E-state index contributed by atoms with van der Waals surface area (Å²) >= 11 is 13.7. The van der Waals surface area contributed by atoms with Gasteiger partial charge in [0.1, 0.15) is 0 Å². The van der Waals surface area contributed by atoms with Crippen molar-refractivity contribution >= 4 is 45.6 Å². The highest BCUT2D eigenvalue weighted by molar-refractivity contribution is 7.15. The Kier molecular flexibility index (Phi) is 5.13. The molecule has 0 atom stereocenters. The lowest BCUT2D eigenvalue weighted by Crippen LogP contribution is -2.15. The van der Waals surface area contributed by atoms with Crippen molar-refractivity contribution in [2.45, 2.75) is 27.2 Å². The van der Waals surface area contributed by atoms with Crippen LogP contribution in [0.3, 0.4) is 0 Å². The summed E-state index contributed by atoms with van der Waals surface area (Å²) in [6.45, 7) is 5.74. The van der Waals surface area contributed by atoms with Gasteiger partial charge in [-0.25, -0.2) is 9.67 Å². The van der Waals surface area contributed by atoms with Crippen LogP contribution in [-0.4, -0.2) is 20.7 Å². The number of hydrogen-bond acceptors (Lipinski definition) is 4. The van der Waals surface area contributed by atoms with Crippen LogP contribution in [0.2, 0.25) is 10.0 Å². The molecule has 0 aliphatic heterocycles. The fourth-order valence-corrected chi connectivity index (χ4v) is 3.72. The molecule has 1 N–H and O–H groups in total. The highest BCUT2D eigenvalue weighted by Crippen LogP contribution is 2.27. The quantitative estimate of drug-likeness (QED) is 0.694. The van der Waals surface area contributed by atoms with Crippen molar-refractivity contribution in [1.82, 2.24) is 14.8 Å². The molecule has 0 aliphatic carbocycles. The van der Waals surface area contributed by atoms with Gasteiger partial charge < -0.3 is 5.32 Å². The second kappa shape index (κ2) is 7.15. The van der Waals surface area contributed by atoms with Crippen LogP contribution in [0.4, 0.5) is 5.13 Å². The summed E-state index contributed by atoms with van der Waals surface area (Å²) in [5.41, 5.74) is 3.26. The molecule has 0 unspecified atom stereocenters. The Morgan fingerprint density at radius 2 is 2.04 bits per heavy atom. The molecule has 3 rings (SSSR count). The molecule has 0 aliphatic rings. The number of carbonyl (C=O) groups is 1. The maximum absolute atomic E-state index is 12.3. The van der Waals surface area contributed by atoms with Crippen LogP contribution in [0, 0.1) is 20.8 Å². The summed E-state index contributed by atoms with van der Waals surface area (Å²) < 4.78 is 1.74. The van der Waals surface area contributed by atoms with E-state index in [0.717, 1.165) is 27.5 Å². The summed E-state index contributed by atoms with van der Waals surface area (Å²) in [5.74, 6) is -0.123. The lowest BCUT2D eigenvalue weighted by molar-refractivity contribution is -0.115. The average Bonchev–Trinajstić information content (AvgIpc) is 3.05. The molecule has 3 aromatic rings. The Balaban J connectivity index is 1.85. The largest absolute Gasteiger partial charge is 0.302 e. The van der Waals surface area contributed by atoms with E-state index >= 15 is 0 Å². The summed E-state index contributed by atoms with van der Waals surface area (Å²) in [6, 6.07) is 5.24. The Morgan fingerprint density at radius 3 is 2.68 bits per heavy atom.